The van der Waals surface area contributed by atoms with Crippen LogP contribution in [0.15, 0.2) is 29.2 Å². The molecule has 2 rings (SSSR count). The SMILES string of the molecule is CCCC1CNCCN1S(=O)(=O)c1cccc([N+](=O)[O-])c1. The fourth-order valence-electron chi connectivity index (χ4n) is 2.53. The Bertz CT molecular complexity index is 616. The molecule has 1 aromatic carbocycles. The number of non-ortho nitro benzene ring substituents is 1. The molecule has 1 aliphatic heterocycles. The molecule has 1 N–H and O–H groups in total. The van der Waals surface area contributed by atoms with Crippen LogP contribution in [0.5, 0.6) is 0 Å². The van der Waals surface area contributed by atoms with Crippen molar-refractivity contribution in [3.05, 3.63) is 34.4 Å². The normalized spacial score (nSPS) is 20.3. The van der Waals surface area contributed by atoms with Gasteiger partial charge in [0.1, 0.15) is 0 Å². The van der Waals surface area contributed by atoms with E-state index in [2.05, 4.69) is 5.32 Å². The summed E-state index contributed by atoms with van der Waals surface area (Å²) in [6.45, 7) is 3.60. The molecule has 1 unspecified atom stereocenters. The minimum absolute atomic E-state index is 0.0142. The van der Waals surface area contributed by atoms with Gasteiger partial charge in [-0.3, -0.25) is 10.1 Å². The second kappa shape index (κ2) is 6.50. The van der Waals surface area contributed by atoms with Crippen molar-refractivity contribution in [2.45, 2.75) is 30.7 Å². The average Bonchev–Trinajstić information content (AvgIpc) is 2.48. The monoisotopic (exact) mass is 313 g/mol. The summed E-state index contributed by atoms with van der Waals surface area (Å²) in [6.07, 6.45) is 1.65. The molecule has 1 aromatic rings. The number of nitrogens with zero attached hydrogens (tertiary/aromatic N) is 2. The Labute approximate surface area is 124 Å². The Morgan fingerprint density at radius 1 is 1.48 bits per heavy atom. The second-order valence-corrected chi connectivity index (χ2v) is 6.91. The van der Waals surface area contributed by atoms with Crippen LogP contribution in [0, 0.1) is 10.1 Å². The Balaban J connectivity index is 2.35. The molecule has 1 heterocycles. The van der Waals surface area contributed by atoms with Gasteiger partial charge in [0.2, 0.25) is 10.0 Å². The molecule has 1 aliphatic rings. The maximum Gasteiger partial charge on any atom is 0.270 e. The van der Waals surface area contributed by atoms with Crippen LogP contribution >= 0.6 is 0 Å². The average molecular weight is 313 g/mol. The van der Waals surface area contributed by atoms with Crippen LogP contribution in [-0.4, -0.2) is 43.3 Å². The zero-order valence-corrected chi connectivity index (χ0v) is 12.7. The van der Waals surface area contributed by atoms with Gasteiger partial charge in [-0.1, -0.05) is 19.4 Å². The van der Waals surface area contributed by atoms with Crippen molar-refractivity contribution in [3.8, 4) is 0 Å². The van der Waals surface area contributed by atoms with E-state index in [0.717, 1.165) is 18.9 Å². The first-order valence-electron chi connectivity index (χ1n) is 6.94. The van der Waals surface area contributed by atoms with Crippen LogP contribution in [0.3, 0.4) is 0 Å². The van der Waals surface area contributed by atoms with E-state index < -0.39 is 14.9 Å². The number of piperazine rings is 1. The highest BCUT2D eigenvalue weighted by molar-refractivity contribution is 7.89. The summed E-state index contributed by atoms with van der Waals surface area (Å²) in [5.74, 6) is 0. The maximum absolute atomic E-state index is 12.7. The van der Waals surface area contributed by atoms with E-state index in [1.54, 1.807) is 0 Å². The molecule has 0 saturated carbocycles. The molecule has 8 heteroatoms. The summed E-state index contributed by atoms with van der Waals surface area (Å²) in [6, 6.07) is 5.13. The molecule has 0 aromatic heterocycles. The highest BCUT2D eigenvalue weighted by atomic mass is 32.2. The molecule has 0 aliphatic carbocycles. The van der Waals surface area contributed by atoms with Crippen LogP contribution in [0.2, 0.25) is 0 Å². The quantitative estimate of drug-likeness (QED) is 0.654. The van der Waals surface area contributed by atoms with Crippen molar-refractivity contribution in [1.29, 1.82) is 0 Å². The van der Waals surface area contributed by atoms with Crippen LogP contribution in [0.1, 0.15) is 19.8 Å². The minimum atomic E-state index is -3.70. The van der Waals surface area contributed by atoms with Crippen LogP contribution < -0.4 is 5.32 Å². The highest BCUT2D eigenvalue weighted by Crippen LogP contribution is 2.24. The number of nitro groups is 1. The fourth-order valence-corrected chi connectivity index (χ4v) is 4.23. The maximum atomic E-state index is 12.7. The number of sulfonamides is 1. The molecule has 7 nitrogen and oxygen atoms in total. The molecule has 116 valence electrons. The Morgan fingerprint density at radius 3 is 2.90 bits per heavy atom. The number of benzene rings is 1. The van der Waals surface area contributed by atoms with E-state index >= 15 is 0 Å². The lowest BCUT2D eigenvalue weighted by molar-refractivity contribution is -0.385. The smallest absolute Gasteiger partial charge is 0.270 e. The van der Waals surface area contributed by atoms with Crippen LogP contribution in [0.4, 0.5) is 5.69 Å². The number of hydrogen-bond acceptors (Lipinski definition) is 5. The van der Waals surface area contributed by atoms with Gasteiger partial charge in [-0.25, -0.2) is 8.42 Å². The highest BCUT2D eigenvalue weighted by Gasteiger charge is 2.33. The summed E-state index contributed by atoms with van der Waals surface area (Å²) in [4.78, 5) is 10.2. The van der Waals surface area contributed by atoms with E-state index in [0.29, 0.717) is 19.6 Å². The summed E-state index contributed by atoms with van der Waals surface area (Å²) >= 11 is 0. The largest absolute Gasteiger partial charge is 0.314 e. The molecular weight excluding hydrogens is 294 g/mol. The second-order valence-electron chi connectivity index (χ2n) is 5.02. The zero-order chi connectivity index (χ0) is 15.5. The number of hydrogen-bond donors (Lipinski definition) is 1. The lowest BCUT2D eigenvalue weighted by Crippen LogP contribution is -2.53. The van der Waals surface area contributed by atoms with E-state index in [1.807, 2.05) is 6.92 Å². The fraction of sp³-hybridized carbons (Fsp3) is 0.538. The molecule has 1 fully saturated rings. The van der Waals surface area contributed by atoms with E-state index in [-0.39, 0.29) is 16.6 Å². The van der Waals surface area contributed by atoms with Gasteiger partial charge < -0.3 is 5.32 Å². The van der Waals surface area contributed by atoms with Gasteiger partial charge in [-0.2, -0.15) is 4.31 Å². The predicted octanol–water partition coefficient (Wildman–Crippen LogP) is 1.36. The number of nitro benzene ring substituents is 1. The van der Waals surface area contributed by atoms with Gasteiger partial charge in [0.25, 0.3) is 5.69 Å². The van der Waals surface area contributed by atoms with Crippen molar-refractivity contribution in [2.75, 3.05) is 19.6 Å². The first kappa shape index (κ1) is 15.9. The zero-order valence-electron chi connectivity index (χ0n) is 11.9. The first-order chi connectivity index (χ1) is 9.96. The molecule has 0 spiro atoms. The van der Waals surface area contributed by atoms with Gasteiger partial charge in [-0.05, 0) is 12.5 Å². The third-order valence-corrected chi connectivity index (χ3v) is 5.50. The summed E-state index contributed by atoms with van der Waals surface area (Å²) < 4.78 is 26.9. The summed E-state index contributed by atoms with van der Waals surface area (Å²) in [5, 5.41) is 14.0. The summed E-state index contributed by atoms with van der Waals surface area (Å²) in [5.41, 5.74) is -0.210. The molecule has 0 amide bonds. The molecule has 21 heavy (non-hydrogen) atoms. The third kappa shape index (κ3) is 3.39. The van der Waals surface area contributed by atoms with Gasteiger partial charge in [0, 0.05) is 37.8 Å². The minimum Gasteiger partial charge on any atom is -0.314 e. The van der Waals surface area contributed by atoms with E-state index in [1.165, 1.54) is 22.5 Å². The van der Waals surface area contributed by atoms with E-state index in [9.17, 15) is 18.5 Å². The topological polar surface area (TPSA) is 92.6 Å². The molecular formula is C13H19N3O4S. The van der Waals surface area contributed by atoms with Crippen molar-refractivity contribution < 1.29 is 13.3 Å². The molecule has 1 saturated heterocycles. The molecule has 0 radical (unpaired) electrons. The standard InChI is InChI=1S/C13H19N3O4S/c1-2-4-12-10-14-7-8-15(12)21(19,20)13-6-3-5-11(9-13)16(17)18/h3,5-6,9,12,14H,2,4,7-8,10H2,1H3. The molecule has 1 atom stereocenters. The number of rotatable bonds is 5. The van der Waals surface area contributed by atoms with Crippen molar-refractivity contribution in [3.63, 3.8) is 0 Å². The lowest BCUT2D eigenvalue weighted by Gasteiger charge is -2.35. The van der Waals surface area contributed by atoms with Crippen molar-refractivity contribution in [2.24, 2.45) is 0 Å². The third-order valence-electron chi connectivity index (χ3n) is 3.55. The van der Waals surface area contributed by atoms with Gasteiger partial charge in [0.05, 0.1) is 9.82 Å². The Hall–Kier alpha value is -1.51. The van der Waals surface area contributed by atoms with E-state index in [4.69, 9.17) is 0 Å². The van der Waals surface area contributed by atoms with Crippen LogP contribution in [-0.2, 0) is 10.0 Å². The van der Waals surface area contributed by atoms with Gasteiger partial charge in [0.15, 0.2) is 0 Å². The lowest BCUT2D eigenvalue weighted by atomic mass is 10.1. The van der Waals surface area contributed by atoms with Crippen molar-refractivity contribution in [1.82, 2.24) is 9.62 Å². The van der Waals surface area contributed by atoms with Crippen LogP contribution in [0.25, 0.3) is 0 Å². The van der Waals surface area contributed by atoms with Crippen molar-refractivity contribution >= 4 is 15.7 Å². The first-order valence-corrected chi connectivity index (χ1v) is 8.38. The van der Waals surface area contributed by atoms with Gasteiger partial charge >= 0.3 is 0 Å². The summed E-state index contributed by atoms with van der Waals surface area (Å²) in [7, 11) is -3.70. The van der Waals surface area contributed by atoms with Gasteiger partial charge in [-0.15, -0.1) is 0 Å². The Kier molecular flexibility index (Phi) is 4.92. The molecule has 0 bridgehead atoms. The number of nitrogens with one attached hydrogen (secondary N) is 1. The predicted molar refractivity (Wildman–Crippen MR) is 78.6 cm³/mol. The Morgan fingerprint density at radius 2 is 2.24 bits per heavy atom.